The van der Waals surface area contributed by atoms with Gasteiger partial charge in [0.2, 0.25) is 11.8 Å². The van der Waals surface area contributed by atoms with Gasteiger partial charge in [-0.2, -0.15) is 0 Å². The zero-order valence-corrected chi connectivity index (χ0v) is 17.1. The van der Waals surface area contributed by atoms with E-state index < -0.39 is 17.4 Å². The molecule has 1 aromatic carbocycles. The predicted molar refractivity (Wildman–Crippen MR) is 110 cm³/mol. The van der Waals surface area contributed by atoms with E-state index in [4.69, 9.17) is 9.26 Å². The van der Waals surface area contributed by atoms with Crippen LogP contribution in [-0.4, -0.2) is 41.3 Å². The van der Waals surface area contributed by atoms with Gasteiger partial charge >= 0.3 is 0 Å². The smallest absolute Gasteiger partial charge is 0.235 e. The largest absolute Gasteiger partial charge is 0.360 e. The van der Waals surface area contributed by atoms with Crippen LogP contribution < -0.4 is 10.2 Å². The topological polar surface area (TPSA) is 84.7 Å². The summed E-state index contributed by atoms with van der Waals surface area (Å²) in [6.45, 7) is 4.13. The fraction of sp³-hybridized carbons (Fsp3) is 0.435. The number of anilines is 1. The molecule has 0 unspecified atom stereocenters. The van der Waals surface area contributed by atoms with E-state index >= 15 is 0 Å². The van der Waals surface area contributed by atoms with Crippen LogP contribution in [0.5, 0.6) is 0 Å². The Balaban J connectivity index is 1.28. The van der Waals surface area contributed by atoms with Crippen molar-refractivity contribution < 1.29 is 18.8 Å². The molecule has 2 saturated heterocycles. The van der Waals surface area contributed by atoms with Crippen molar-refractivity contribution >= 4 is 17.6 Å². The number of carbonyl (C=O) groups excluding carboxylic acids is 2. The number of carbonyl (C=O) groups is 2. The highest BCUT2D eigenvalue weighted by Gasteiger charge is 2.67. The lowest BCUT2D eigenvalue weighted by Gasteiger charge is -2.25. The molecule has 1 N–H and O–H groups in total. The highest BCUT2D eigenvalue weighted by molar-refractivity contribution is 6.02. The van der Waals surface area contributed by atoms with Gasteiger partial charge in [-0.3, -0.25) is 14.5 Å². The lowest BCUT2D eigenvalue weighted by Crippen LogP contribution is -2.46. The van der Waals surface area contributed by atoms with E-state index in [0.29, 0.717) is 18.1 Å². The van der Waals surface area contributed by atoms with Gasteiger partial charge in [0.15, 0.2) is 5.82 Å². The number of rotatable bonds is 6. The Labute approximate surface area is 175 Å². The standard InChI is InChI=1S/C23H25N3O4/c1-14(8-9-16-6-4-3-5-7-16)24-21(27)19-17-10-11-23(29-17)13-26(22(28)20(19)23)18-12-15(2)30-25-18/h3-7,10-12,14,17,19-20H,8-9,13H2,1-2H3,(H,24,27)/t14-,17-,19+,20-,23-/m1/s1. The van der Waals surface area contributed by atoms with Crippen molar-refractivity contribution in [3.63, 3.8) is 0 Å². The molecular weight excluding hydrogens is 382 g/mol. The summed E-state index contributed by atoms with van der Waals surface area (Å²) in [6.07, 6.45) is 5.22. The minimum atomic E-state index is -0.760. The number of nitrogens with zero attached hydrogens (tertiary/aromatic N) is 2. The van der Waals surface area contributed by atoms with E-state index in [1.807, 2.05) is 37.3 Å². The molecule has 5 rings (SSSR count). The van der Waals surface area contributed by atoms with Crippen LogP contribution in [0.15, 0.2) is 53.1 Å². The first-order chi connectivity index (χ1) is 14.5. The molecule has 5 atom stereocenters. The molecule has 7 nitrogen and oxygen atoms in total. The summed E-state index contributed by atoms with van der Waals surface area (Å²) in [5.41, 5.74) is 0.484. The zero-order chi connectivity index (χ0) is 20.9. The highest BCUT2D eigenvalue weighted by Crippen LogP contribution is 2.52. The Hall–Kier alpha value is -2.93. The van der Waals surface area contributed by atoms with Gasteiger partial charge in [-0.15, -0.1) is 0 Å². The molecule has 1 spiro atoms. The number of aromatic nitrogens is 1. The van der Waals surface area contributed by atoms with E-state index in [1.54, 1.807) is 17.9 Å². The van der Waals surface area contributed by atoms with Crippen LogP contribution in [-0.2, 0) is 20.7 Å². The van der Waals surface area contributed by atoms with Crippen LogP contribution in [0.1, 0.15) is 24.7 Å². The number of hydrogen-bond donors (Lipinski definition) is 1. The molecular formula is C23H25N3O4. The van der Waals surface area contributed by atoms with Crippen LogP contribution in [0.4, 0.5) is 5.82 Å². The number of amides is 2. The van der Waals surface area contributed by atoms with Crippen molar-refractivity contribution in [1.82, 2.24) is 10.5 Å². The summed E-state index contributed by atoms with van der Waals surface area (Å²) in [6, 6.07) is 11.9. The van der Waals surface area contributed by atoms with E-state index in [0.717, 1.165) is 12.8 Å². The van der Waals surface area contributed by atoms with Crippen molar-refractivity contribution in [1.29, 1.82) is 0 Å². The van der Waals surface area contributed by atoms with E-state index in [9.17, 15) is 9.59 Å². The maximum atomic E-state index is 13.2. The molecule has 4 heterocycles. The Morgan fingerprint density at radius 3 is 2.90 bits per heavy atom. The van der Waals surface area contributed by atoms with Crippen molar-refractivity contribution in [2.45, 2.75) is 44.4 Å². The molecule has 7 heteroatoms. The van der Waals surface area contributed by atoms with Gasteiger partial charge in [-0.1, -0.05) is 47.6 Å². The van der Waals surface area contributed by atoms with Crippen LogP contribution in [0, 0.1) is 18.8 Å². The molecule has 0 saturated carbocycles. The van der Waals surface area contributed by atoms with Gasteiger partial charge in [0.05, 0.1) is 24.5 Å². The lowest BCUT2D eigenvalue weighted by atomic mass is 9.76. The molecule has 0 aliphatic carbocycles. The molecule has 2 amide bonds. The van der Waals surface area contributed by atoms with Crippen LogP contribution in [0.25, 0.3) is 0 Å². The molecule has 2 fully saturated rings. The number of nitrogens with one attached hydrogen (secondary N) is 1. The minimum Gasteiger partial charge on any atom is -0.360 e. The molecule has 1 aromatic heterocycles. The average molecular weight is 407 g/mol. The monoisotopic (exact) mass is 407 g/mol. The van der Waals surface area contributed by atoms with Crippen molar-refractivity contribution in [2.75, 3.05) is 11.4 Å². The summed E-state index contributed by atoms with van der Waals surface area (Å²) in [5.74, 6) is -0.215. The maximum absolute atomic E-state index is 13.2. The van der Waals surface area contributed by atoms with Gasteiger partial charge in [0.1, 0.15) is 11.4 Å². The Bertz CT molecular complexity index is 1000. The molecule has 2 aromatic rings. The second-order valence-electron chi connectivity index (χ2n) is 8.55. The quantitative estimate of drug-likeness (QED) is 0.744. The predicted octanol–water partition coefficient (Wildman–Crippen LogP) is 2.41. The number of benzene rings is 1. The summed E-state index contributed by atoms with van der Waals surface area (Å²) in [5, 5.41) is 7.08. The third-order valence-corrected chi connectivity index (χ3v) is 6.39. The first-order valence-electron chi connectivity index (χ1n) is 10.4. The van der Waals surface area contributed by atoms with Gasteiger partial charge in [0.25, 0.3) is 0 Å². The number of fused-ring (bicyclic) bond motifs is 1. The van der Waals surface area contributed by atoms with Crippen LogP contribution in [0.3, 0.4) is 0 Å². The number of aryl methyl sites for hydroxylation is 2. The van der Waals surface area contributed by atoms with Crippen LogP contribution >= 0.6 is 0 Å². The van der Waals surface area contributed by atoms with E-state index in [1.165, 1.54) is 5.56 Å². The first-order valence-corrected chi connectivity index (χ1v) is 10.4. The third kappa shape index (κ3) is 3.04. The average Bonchev–Trinajstić information content (AvgIpc) is 3.48. The third-order valence-electron chi connectivity index (χ3n) is 6.39. The zero-order valence-electron chi connectivity index (χ0n) is 17.1. The lowest BCUT2D eigenvalue weighted by molar-refractivity contribution is -0.132. The first kappa shape index (κ1) is 19.1. The van der Waals surface area contributed by atoms with Crippen molar-refractivity contribution in [2.24, 2.45) is 11.8 Å². The van der Waals surface area contributed by atoms with Gasteiger partial charge in [-0.25, -0.2) is 0 Å². The number of ether oxygens (including phenoxy) is 1. The molecule has 3 aliphatic heterocycles. The minimum absolute atomic E-state index is 0.00237. The summed E-state index contributed by atoms with van der Waals surface area (Å²) in [7, 11) is 0. The summed E-state index contributed by atoms with van der Waals surface area (Å²) in [4.78, 5) is 28.0. The molecule has 30 heavy (non-hydrogen) atoms. The fourth-order valence-electron chi connectivity index (χ4n) is 4.91. The Kier molecular flexibility index (Phi) is 4.50. The second kappa shape index (κ2) is 7.09. The van der Waals surface area contributed by atoms with Gasteiger partial charge in [0, 0.05) is 12.1 Å². The Morgan fingerprint density at radius 2 is 2.17 bits per heavy atom. The molecule has 0 radical (unpaired) electrons. The van der Waals surface area contributed by atoms with E-state index in [2.05, 4.69) is 22.6 Å². The van der Waals surface area contributed by atoms with Gasteiger partial charge in [-0.05, 0) is 32.3 Å². The van der Waals surface area contributed by atoms with Crippen molar-refractivity contribution in [3.05, 3.63) is 59.9 Å². The highest BCUT2D eigenvalue weighted by atomic mass is 16.5. The molecule has 2 bridgehead atoms. The fourth-order valence-corrected chi connectivity index (χ4v) is 4.91. The SMILES string of the molecule is Cc1cc(N2C[C@@]34C=C[C@@H](O3)[C@H](C(=O)N[C@H](C)CCc3ccccc3)[C@@H]4C2=O)no1. The second-order valence-corrected chi connectivity index (χ2v) is 8.55. The summed E-state index contributed by atoms with van der Waals surface area (Å²) >= 11 is 0. The summed E-state index contributed by atoms with van der Waals surface area (Å²) < 4.78 is 11.3. The van der Waals surface area contributed by atoms with Crippen molar-refractivity contribution in [3.8, 4) is 0 Å². The van der Waals surface area contributed by atoms with Crippen LogP contribution in [0.2, 0.25) is 0 Å². The van der Waals surface area contributed by atoms with E-state index in [-0.39, 0.29) is 24.0 Å². The van der Waals surface area contributed by atoms with Gasteiger partial charge < -0.3 is 14.6 Å². The maximum Gasteiger partial charge on any atom is 0.235 e. The molecule has 3 aliphatic rings. The molecule has 156 valence electrons. The number of hydrogen-bond acceptors (Lipinski definition) is 5. The Morgan fingerprint density at radius 1 is 1.37 bits per heavy atom. The normalized spacial score (nSPS) is 30.0.